The molecule has 1 aromatic carbocycles. The largest absolute Gasteiger partial charge is 0.341 e. The second-order valence-electron chi connectivity index (χ2n) is 4.75. The number of amides is 1. The number of hydrogen-bond acceptors (Lipinski definition) is 1. The van der Waals surface area contributed by atoms with Gasteiger partial charge >= 0.3 is 0 Å². The summed E-state index contributed by atoms with van der Waals surface area (Å²) in [6.07, 6.45) is 2.65. The summed E-state index contributed by atoms with van der Waals surface area (Å²) in [5.41, 5.74) is 1.16. The summed E-state index contributed by atoms with van der Waals surface area (Å²) in [6, 6.07) is 10.0. The van der Waals surface area contributed by atoms with Crippen LogP contribution >= 0.6 is 11.6 Å². The molecule has 1 unspecified atom stereocenters. The van der Waals surface area contributed by atoms with Crippen molar-refractivity contribution in [2.24, 2.45) is 5.92 Å². The smallest absolute Gasteiger partial charge is 0.222 e. The van der Waals surface area contributed by atoms with E-state index < -0.39 is 0 Å². The summed E-state index contributed by atoms with van der Waals surface area (Å²) < 4.78 is 0. The van der Waals surface area contributed by atoms with Gasteiger partial charge in [0.25, 0.3) is 0 Å². The summed E-state index contributed by atoms with van der Waals surface area (Å²) in [5, 5.41) is 0. The molecule has 0 saturated heterocycles. The highest BCUT2D eigenvalue weighted by atomic mass is 35.5. The van der Waals surface area contributed by atoms with Crippen LogP contribution in [0.5, 0.6) is 0 Å². The number of benzene rings is 1. The Morgan fingerprint density at radius 2 is 2.00 bits per heavy atom. The lowest BCUT2D eigenvalue weighted by atomic mass is 10.0. The first-order chi connectivity index (χ1) is 8.67. The van der Waals surface area contributed by atoms with Gasteiger partial charge in [-0.1, -0.05) is 43.7 Å². The Morgan fingerprint density at radius 3 is 2.56 bits per heavy atom. The van der Waals surface area contributed by atoms with Crippen LogP contribution in [0.25, 0.3) is 0 Å². The molecule has 0 aromatic heterocycles. The molecule has 0 heterocycles. The van der Waals surface area contributed by atoms with E-state index in [9.17, 15) is 4.79 Å². The van der Waals surface area contributed by atoms with Gasteiger partial charge < -0.3 is 4.90 Å². The van der Waals surface area contributed by atoms with Crippen molar-refractivity contribution in [3.8, 4) is 0 Å². The van der Waals surface area contributed by atoms with E-state index in [1.54, 1.807) is 4.90 Å². The fourth-order valence-corrected chi connectivity index (χ4v) is 2.25. The molecule has 0 N–H and O–H groups in total. The van der Waals surface area contributed by atoms with Gasteiger partial charge in [-0.05, 0) is 17.9 Å². The molecule has 100 valence electrons. The monoisotopic (exact) mass is 267 g/mol. The van der Waals surface area contributed by atoms with Gasteiger partial charge in [-0.2, -0.15) is 0 Å². The van der Waals surface area contributed by atoms with Crippen molar-refractivity contribution in [2.75, 3.05) is 12.9 Å². The lowest BCUT2D eigenvalue weighted by Gasteiger charge is -2.20. The van der Waals surface area contributed by atoms with Crippen molar-refractivity contribution in [1.29, 1.82) is 0 Å². The van der Waals surface area contributed by atoms with E-state index in [1.165, 1.54) is 0 Å². The first kappa shape index (κ1) is 15.0. The zero-order valence-electron chi connectivity index (χ0n) is 11.2. The van der Waals surface area contributed by atoms with Gasteiger partial charge in [-0.3, -0.25) is 4.79 Å². The molecule has 0 radical (unpaired) electrons. The van der Waals surface area contributed by atoms with Crippen LogP contribution in [0, 0.1) is 5.92 Å². The fourth-order valence-electron chi connectivity index (χ4n) is 1.99. The molecule has 0 saturated carbocycles. The summed E-state index contributed by atoms with van der Waals surface area (Å²) in [7, 11) is 1.85. The SMILES string of the molecule is CCCC(CCl)CC(=O)N(C)Cc1ccccc1. The second-order valence-corrected chi connectivity index (χ2v) is 5.06. The minimum Gasteiger partial charge on any atom is -0.341 e. The molecular formula is C15H22ClNO. The highest BCUT2D eigenvalue weighted by Gasteiger charge is 2.15. The van der Waals surface area contributed by atoms with E-state index in [0.29, 0.717) is 24.8 Å². The third kappa shape index (κ3) is 5.09. The van der Waals surface area contributed by atoms with Crippen molar-refractivity contribution in [3.05, 3.63) is 35.9 Å². The number of alkyl halides is 1. The second kappa shape index (κ2) is 8.15. The maximum absolute atomic E-state index is 12.1. The molecule has 1 amide bonds. The molecule has 3 heteroatoms. The van der Waals surface area contributed by atoms with E-state index in [4.69, 9.17) is 11.6 Å². The van der Waals surface area contributed by atoms with Gasteiger partial charge in [0.15, 0.2) is 0 Å². The molecule has 0 bridgehead atoms. The standard InChI is InChI=1S/C15H22ClNO/c1-3-7-14(11-16)10-15(18)17(2)12-13-8-5-4-6-9-13/h4-6,8-9,14H,3,7,10-12H2,1-2H3. The van der Waals surface area contributed by atoms with Gasteiger partial charge in [0, 0.05) is 25.9 Å². The normalized spacial score (nSPS) is 12.2. The minimum atomic E-state index is 0.179. The maximum atomic E-state index is 12.1. The highest BCUT2D eigenvalue weighted by molar-refractivity contribution is 6.18. The van der Waals surface area contributed by atoms with Crippen LogP contribution < -0.4 is 0 Å². The molecule has 0 aliphatic rings. The summed E-state index contributed by atoms with van der Waals surface area (Å²) >= 11 is 5.88. The molecular weight excluding hydrogens is 246 g/mol. The molecule has 0 fully saturated rings. The quantitative estimate of drug-likeness (QED) is 0.690. The molecule has 1 aromatic rings. The molecule has 2 nitrogen and oxygen atoms in total. The summed E-state index contributed by atoms with van der Waals surface area (Å²) in [6.45, 7) is 2.79. The Kier molecular flexibility index (Phi) is 6.81. The van der Waals surface area contributed by atoms with Crippen LogP contribution in [0.4, 0.5) is 0 Å². The topological polar surface area (TPSA) is 20.3 Å². The Bertz CT molecular complexity index is 353. The number of rotatable bonds is 7. The lowest BCUT2D eigenvalue weighted by Crippen LogP contribution is -2.28. The number of carbonyl (C=O) groups is 1. The van der Waals surface area contributed by atoms with Crippen LogP contribution in [0.2, 0.25) is 0 Å². The Balaban J connectivity index is 2.46. The first-order valence-electron chi connectivity index (χ1n) is 6.51. The van der Waals surface area contributed by atoms with Gasteiger partial charge in [-0.15, -0.1) is 11.6 Å². The van der Waals surface area contributed by atoms with E-state index >= 15 is 0 Å². The zero-order chi connectivity index (χ0) is 13.4. The third-order valence-corrected chi connectivity index (χ3v) is 3.50. The van der Waals surface area contributed by atoms with Gasteiger partial charge in [0.05, 0.1) is 0 Å². The first-order valence-corrected chi connectivity index (χ1v) is 7.04. The van der Waals surface area contributed by atoms with E-state index in [1.807, 2.05) is 37.4 Å². The molecule has 0 aliphatic carbocycles. The molecule has 18 heavy (non-hydrogen) atoms. The van der Waals surface area contributed by atoms with Crippen molar-refractivity contribution in [3.63, 3.8) is 0 Å². The average Bonchev–Trinajstić information content (AvgIpc) is 2.39. The van der Waals surface area contributed by atoms with Gasteiger partial charge in [0.2, 0.25) is 5.91 Å². The molecule has 1 rings (SSSR count). The van der Waals surface area contributed by atoms with Crippen LogP contribution in [0.1, 0.15) is 31.7 Å². The molecule has 1 atom stereocenters. The lowest BCUT2D eigenvalue weighted by molar-refractivity contribution is -0.131. The van der Waals surface area contributed by atoms with Crippen LogP contribution in [0.15, 0.2) is 30.3 Å². The Labute approximate surface area is 115 Å². The van der Waals surface area contributed by atoms with Crippen molar-refractivity contribution >= 4 is 17.5 Å². The van der Waals surface area contributed by atoms with Crippen molar-refractivity contribution in [2.45, 2.75) is 32.7 Å². The van der Waals surface area contributed by atoms with Crippen LogP contribution in [-0.4, -0.2) is 23.7 Å². The molecule has 0 aliphatic heterocycles. The van der Waals surface area contributed by atoms with Crippen LogP contribution in [0.3, 0.4) is 0 Å². The van der Waals surface area contributed by atoms with Crippen molar-refractivity contribution < 1.29 is 4.79 Å². The zero-order valence-corrected chi connectivity index (χ0v) is 12.0. The third-order valence-electron chi connectivity index (χ3n) is 3.07. The highest BCUT2D eigenvalue weighted by Crippen LogP contribution is 2.15. The van der Waals surface area contributed by atoms with E-state index in [0.717, 1.165) is 18.4 Å². The number of nitrogens with zero attached hydrogens (tertiary/aromatic N) is 1. The molecule has 0 spiro atoms. The van der Waals surface area contributed by atoms with E-state index in [-0.39, 0.29) is 5.91 Å². The fraction of sp³-hybridized carbons (Fsp3) is 0.533. The maximum Gasteiger partial charge on any atom is 0.222 e. The van der Waals surface area contributed by atoms with Gasteiger partial charge in [-0.25, -0.2) is 0 Å². The van der Waals surface area contributed by atoms with Crippen LogP contribution in [-0.2, 0) is 11.3 Å². The number of halogens is 1. The predicted octanol–water partition coefficient (Wildman–Crippen LogP) is 3.69. The summed E-state index contributed by atoms with van der Waals surface area (Å²) in [4.78, 5) is 13.8. The minimum absolute atomic E-state index is 0.179. The Hall–Kier alpha value is -1.02. The Morgan fingerprint density at radius 1 is 1.33 bits per heavy atom. The number of hydrogen-bond donors (Lipinski definition) is 0. The number of carbonyl (C=O) groups excluding carboxylic acids is 1. The van der Waals surface area contributed by atoms with E-state index in [2.05, 4.69) is 6.92 Å². The predicted molar refractivity (Wildman–Crippen MR) is 76.7 cm³/mol. The van der Waals surface area contributed by atoms with Gasteiger partial charge in [0.1, 0.15) is 0 Å². The average molecular weight is 268 g/mol. The summed E-state index contributed by atoms with van der Waals surface area (Å²) in [5.74, 6) is 1.05. The van der Waals surface area contributed by atoms with Crippen molar-refractivity contribution in [1.82, 2.24) is 4.90 Å².